The molecule has 5 heteroatoms. The molecule has 0 radical (unpaired) electrons. The van der Waals surface area contributed by atoms with Crippen molar-refractivity contribution in [3.8, 4) is 0 Å². The van der Waals surface area contributed by atoms with Crippen LogP contribution in [-0.4, -0.2) is 42.8 Å². The van der Waals surface area contributed by atoms with E-state index in [1.165, 1.54) is 17.6 Å². The molecule has 5 nitrogen and oxygen atoms in total. The van der Waals surface area contributed by atoms with Gasteiger partial charge in [0.1, 0.15) is 12.3 Å². The Balaban J connectivity index is 3.08. The minimum absolute atomic E-state index is 0.153. The van der Waals surface area contributed by atoms with Crippen LogP contribution in [0.4, 0.5) is 0 Å². The second-order valence-electron chi connectivity index (χ2n) is 6.12. The number of methoxy groups -OCH3 is 1. The average molecular weight is 335 g/mol. The van der Waals surface area contributed by atoms with Gasteiger partial charge < -0.3 is 14.4 Å². The molecule has 0 N–H and O–H groups in total. The van der Waals surface area contributed by atoms with Gasteiger partial charge >= 0.3 is 5.97 Å². The molecule has 0 heterocycles. The highest BCUT2D eigenvalue weighted by atomic mass is 16.5. The zero-order valence-electron chi connectivity index (χ0n) is 15.8. The van der Waals surface area contributed by atoms with E-state index in [0.29, 0.717) is 0 Å². The lowest BCUT2D eigenvalue weighted by Crippen LogP contribution is -2.50. The Bertz CT molecular complexity index is 574. The molecule has 24 heavy (non-hydrogen) atoms. The molecule has 0 aliphatic heterocycles. The monoisotopic (exact) mass is 335 g/mol. The fraction of sp³-hybridized carbons (Fsp3) is 0.579. The van der Waals surface area contributed by atoms with Crippen LogP contribution in [0, 0.1) is 20.8 Å². The minimum atomic E-state index is -0.696. The van der Waals surface area contributed by atoms with Gasteiger partial charge in [-0.05, 0) is 58.2 Å². The van der Waals surface area contributed by atoms with Crippen LogP contribution in [0.2, 0.25) is 0 Å². The van der Waals surface area contributed by atoms with E-state index in [4.69, 9.17) is 9.47 Å². The highest BCUT2D eigenvalue weighted by Gasteiger charge is 2.31. The SMILES string of the molecule is CCOC(=O)[C@H](C)N(C(=O)Cc1c(C)cc(C)cc1C)C(C)OC. The van der Waals surface area contributed by atoms with Gasteiger partial charge in [0, 0.05) is 7.11 Å². The van der Waals surface area contributed by atoms with Crippen molar-refractivity contribution in [2.24, 2.45) is 0 Å². The summed E-state index contributed by atoms with van der Waals surface area (Å²) in [5.41, 5.74) is 4.32. The van der Waals surface area contributed by atoms with Gasteiger partial charge in [-0.25, -0.2) is 4.79 Å². The molecule has 1 amide bonds. The summed E-state index contributed by atoms with van der Waals surface area (Å²) in [6.07, 6.45) is -0.280. The summed E-state index contributed by atoms with van der Waals surface area (Å²) in [6.45, 7) is 11.5. The quantitative estimate of drug-likeness (QED) is 0.568. The van der Waals surface area contributed by atoms with E-state index in [9.17, 15) is 9.59 Å². The fourth-order valence-electron chi connectivity index (χ4n) is 2.95. The van der Waals surface area contributed by atoms with E-state index < -0.39 is 18.2 Å². The summed E-state index contributed by atoms with van der Waals surface area (Å²) >= 11 is 0. The molecule has 0 spiro atoms. The van der Waals surface area contributed by atoms with Gasteiger partial charge in [0.25, 0.3) is 0 Å². The Kier molecular flexibility index (Phi) is 7.42. The number of hydrogen-bond donors (Lipinski definition) is 0. The summed E-state index contributed by atoms with van der Waals surface area (Å²) in [6, 6.07) is 3.43. The first kappa shape index (κ1) is 20.2. The van der Waals surface area contributed by atoms with E-state index in [0.717, 1.165) is 16.7 Å². The number of esters is 1. The number of hydrogen-bond acceptors (Lipinski definition) is 4. The first-order valence-corrected chi connectivity index (χ1v) is 8.30. The Labute approximate surface area is 144 Å². The van der Waals surface area contributed by atoms with Crippen LogP contribution in [0.25, 0.3) is 0 Å². The summed E-state index contributed by atoms with van der Waals surface area (Å²) < 4.78 is 10.4. The summed E-state index contributed by atoms with van der Waals surface area (Å²) in [7, 11) is 1.52. The van der Waals surface area contributed by atoms with Crippen molar-refractivity contribution >= 4 is 11.9 Å². The van der Waals surface area contributed by atoms with Crippen molar-refractivity contribution in [1.29, 1.82) is 0 Å². The molecule has 0 aromatic heterocycles. The highest BCUT2D eigenvalue weighted by Crippen LogP contribution is 2.19. The van der Waals surface area contributed by atoms with Gasteiger partial charge in [-0.2, -0.15) is 0 Å². The number of amides is 1. The average Bonchev–Trinajstić information content (AvgIpc) is 2.50. The topological polar surface area (TPSA) is 55.8 Å². The van der Waals surface area contributed by atoms with Crippen molar-refractivity contribution < 1.29 is 19.1 Å². The number of carbonyl (C=O) groups is 2. The van der Waals surface area contributed by atoms with Gasteiger partial charge in [-0.1, -0.05) is 17.7 Å². The van der Waals surface area contributed by atoms with E-state index >= 15 is 0 Å². The van der Waals surface area contributed by atoms with Crippen LogP contribution in [0.1, 0.15) is 43.0 Å². The highest BCUT2D eigenvalue weighted by molar-refractivity contribution is 5.86. The number of rotatable bonds is 7. The third-order valence-electron chi connectivity index (χ3n) is 4.23. The zero-order chi connectivity index (χ0) is 18.4. The number of nitrogens with zero attached hydrogens (tertiary/aromatic N) is 1. The molecular weight excluding hydrogens is 306 g/mol. The van der Waals surface area contributed by atoms with Crippen LogP contribution >= 0.6 is 0 Å². The number of ether oxygens (including phenoxy) is 2. The Morgan fingerprint density at radius 1 is 1.12 bits per heavy atom. The van der Waals surface area contributed by atoms with E-state index in [-0.39, 0.29) is 18.9 Å². The zero-order valence-corrected chi connectivity index (χ0v) is 15.8. The van der Waals surface area contributed by atoms with Crippen molar-refractivity contribution in [1.82, 2.24) is 4.90 Å². The Morgan fingerprint density at radius 2 is 1.67 bits per heavy atom. The van der Waals surface area contributed by atoms with E-state index in [1.807, 2.05) is 20.8 Å². The lowest BCUT2D eigenvalue weighted by atomic mass is 9.96. The Morgan fingerprint density at radius 3 is 2.12 bits per heavy atom. The molecule has 1 aromatic carbocycles. The van der Waals surface area contributed by atoms with Gasteiger partial charge in [-0.15, -0.1) is 0 Å². The molecule has 0 saturated heterocycles. The molecule has 134 valence electrons. The third kappa shape index (κ3) is 4.81. The van der Waals surface area contributed by atoms with Crippen LogP contribution in [0.3, 0.4) is 0 Å². The van der Waals surface area contributed by atoms with E-state index in [1.54, 1.807) is 20.8 Å². The standard InChI is InChI=1S/C19H29NO4/c1-8-24-19(22)15(5)20(16(6)23-7)18(21)11-17-13(3)9-12(2)10-14(17)4/h9-10,15-16H,8,11H2,1-7H3/t15-,16?/m0/s1. The summed E-state index contributed by atoms with van der Waals surface area (Å²) in [4.78, 5) is 26.4. The molecule has 2 atom stereocenters. The second-order valence-corrected chi connectivity index (χ2v) is 6.12. The summed E-state index contributed by atoms with van der Waals surface area (Å²) in [5.74, 6) is -0.577. The smallest absolute Gasteiger partial charge is 0.328 e. The third-order valence-corrected chi connectivity index (χ3v) is 4.23. The molecular formula is C19H29NO4. The summed E-state index contributed by atoms with van der Waals surface area (Å²) in [5, 5.41) is 0. The maximum atomic E-state index is 12.9. The largest absolute Gasteiger partial charge is 0.464 e. The predicted octanol–water partition coefficient (Wildman–Crippen LogP) is 2.93. The van der Waals surface area contributed by atoms with Gasteiger partial charge in [-0.3, -0.25) is 4.79 Å². The maximum absolute atomic E-state index is 12.9. The number of aryl methyl sites for hydroxylation is 3. The van der Waals surface area contributed by atoms with Gasteiger partial charge in [0.2, 0.25) is 5.91 Å². The molecule has 1 aromatic rings. The number of carbonyl (C=O) groups excluding carboxylic acids is 2. The van der Waals surface area contributed by atoms with E-state index in [2.05, 4.69) is 12.1 Å². The van der Waals surface area contributed by atoms with Crippen molar-refractivity contribution in [2.45, 2.75) is 60.2 Å². The van der Waals surface area contributed by atoms with Gasteiger partial charge in [0.05, 0.1) is 13.0 Å². The van der Waals surface area contributed by atoms with Gasteiger partial charge in [0.15, 0.2) is 0 Å². The molecule has 0 fully saturated rings. The van der Waals surface area contributed by atoms with Crippen LogP contribution in [0.15, 0.2) is 12.1 Å². The molecule has 0 bridgehead atoms. The molecule has 1 rings (SSSR count). The van der Waals surface area contributed by atoms with Crippen LogP contribution in [-0.2, 0) is 25.5 Å². The lowest BCUT2D eigenvalue weighted by molar-refractivity contribution is -0.163. The minimum Gasteiger partial charge on any atom is -0.464 e. The Hall–Kier alpha value is -1.88. The fourth-order valence-corrected chi connectivity index (χ4v) is 2.95. The van der Waals surface area contributed by atoms with Crippen molar-refractivity contribution in [3.63, 3.8) is 0 Å². The molecule has 0 aliphatic rings. The molecule has 0 saturated carbocycles. The maximum Gasteiger partial charge on any atom is 0.328 e. The molecule has 1 unspecified atom stereocenters. The van der Waals surface area contributed by atoms with Crippen molar-refractivity contribution in [3.05, 3.63) is 34.4 Å². The van der Waals surface area contributed by atoms with Crippen molar-refractivity contribution in [2.75, 3.05) is 13.7 Å². The normalized spacial score (nSPS) is 13.3. The number of benzene rings is 1. The predicted molar refractivity (Wildman–Crippen MR) is 93.8 cm³/mol. The first-order valence-electron chi connectivity index (χ1n) is 8.30. The second kappa shape index (κ2) is 8.83. The molecule has 0 aliphatic carbocycles. The lowest BCUT2D eigenvalue weighted by Gasteiger charge is -2.32. The first-order chi connectivity index (χ1) is 11.2. The van der Waals surface area contributed by atoms with Crippen LogP contribution in [0.5, 0.6) is 0 Å². The van der Waals surface area contributed by atoms with Crippen LogP contribution < -0.4 is 0 Å².